The second-order valence-electron chi connectivity index (χ2n) is 6.21. The summed E-state index contributed by atoms with van der Waals surface area (Å²) in [6, 6.07) is 15.3. The number of ether oxygens (including phenoxy) is 1. The van der Waals surface area contributed by atoms with Crippen LogP contribution in [0.5, 0.6) is 5.75 Å². The van der Waals surface area contributed by atoms with Crippen LogP contribution in [0.1, 0.15) is 30.9 Å². The van der Waals surface area contributed by atoms with Crippen molar-refractivity contribution in [2.45, 2.75) is 32.4 Å². The van der Waals surface area contributed by atoms with E-state index in [1.54, 1.807) is 4.90 Å². The van der Waals surface area contributed by atoms with Crippen LogP contribution in [0.2, 0.25) is 0 Å². The third-order valence-corrected chi connectivity index (χ3v) is 4.14. The number of amides is 1. The topological polar surface area (TPSA) is 55.6 Å². The molecule has 0 saturated heterocycles. The molecule has 1 amide bonds. The quantitative estimate of drug-likeness (QED) is 0.925. The van der Waals surface area contributed by atoms with Crippen molar-refractivity contribution in [1.82, 2.24) is 0 Å². The summed E-state index contributed by atoms with van der Waals surface area (Å²) in [5.41, 5.74) is 9.09. The number of anilines is 1. The van der Waals surface area contributed by atoms with Gasteiger partial charge in [0.25, 0.3) is 0 Å². The van der Waals surface area contributed by atoms with Crippen LogP contribution in [-0.4, -0.2) is 18.6 Å². The first-order valence-corrected chi connectivity index (χ1v) is 7.94. The summed E-state index contributed by atoms with van der Waals surface area (Å²) >= 11 is 0. The fourth-order valence-electron chi connectivity index (χ4n) is 2.73. The van der Waals surface area contributed by atoms with Gasteiger partial charge >= 0.3 is 0 Å². The van der Waals surface area contributed by atoms with Gasteiger partial charge in [0.15, 0.2) is 0 Å². The van der Waals surface area contributed by atoms with Crippen molar-refractivity contribution >= 4 is 24.0 Å². The predicted octanol–water partition coefficient (Wildman–Crippen LogP) is 3.48. The molecule has 1 aliphatic heterocycles. The minimum Gasteiger partial charge on any atom is -0.489 e. The third-order valence-electron chi connectivity index (χ3n) is 4.14. The van der Waals surface area contributed by atoms with Gasteiger partial charge in [-0.1, -0.05) is 50.2 Å². The zero-order valence-electron chi connectivity index (χ0n) is 13.9. The first-order valence-electron chi connectivity index (χ1n) is 7.94. The van der Waals surface area contributed by atoms with Gasteiger partial charge in [-0.2, -0.15) is 0 Å². The number of nitrogens with zero attached hydrogens (tertiary/aromatic N) is 1. The maximum absolute atomic E-state index is 12.6. The number of carbonyl (C=O) groups excluding carboxylic acids is 1. The summed E-state index contributed by atoms with van der Waals surface area (Å²) < 4.78 is 5.66. The van der Waals surface area contributed by atoms with E-state index < -0.39 is 6.04 Å². The number of hydrogen-bond acceptors (Lipinski definition) is 3. The molecule has 0 spiro atoms. The van der Waals surface area contributed by atoms with Gasteiger partial charge in [-0.3, -0.25) is 4.79 Å². The van der Waals surface area contributed by atoms with E-state index in [-0.39, 0.29) is 24.9 Å². The highest BCUT2D eigenvalue weighted by Gasteiger charge is 2.28. The molecule has 128 valence electrons. The second-order valence-corrected chi connectivity index (χ2v) is 6.21. The third kappa shape index (κ3) is 3.71. The van der Waals surface area contributed by atoms with Crippen LogP contribution in [0.3, 0.4) is 0 Å². The Morgan fingerprint density at radius 3 is 2.50 bits per heavy atom. The number of halogens is 1. The summed E-state index contributed by atoms with van der Waals surface area (Å²) in [4.78, 5) is 14.3. The van der Waals surface area contributed by atoms with Crippen molar-refractivity contribution in [1.29, 1.82) is 0 Å². The molecule has 2 aromatic carbocycles. The van der Waals surface area contributed by atoms with Crippen LogP contribution in [0.25, 0.3) is 0 Å². The molecule has 0 radical (unpaired) electrons. The van der Waals surface area contributed by atoms with Crippen molar-refractivity contribution in [3.63, 3.8) is 0 Å². The Kier molecular flexibility index (Phi) is 5.86. The van der Waals surface area contributed by atoms with Gasteiger partial charge in [-0.15, -0.1) is 12.4 Å². The SMILES string of the molecule is CC(C)c1ccc(CN2C(=O)C(N)COc3ccccc32)cc1.Cl. The van der Waals surface area contributed by atoms with Crippen molar-refractivity contribution in [2.75, 3.05) is 11.5 Å². The van der Waals surface area contributed by atoms with Gasteiger partial charge in [-0.25, -0.2) is 0 Å². The van der Waals surface area contributed by atoms with E-state index in [9.17, 15) is 4.79 Å². The number of benzene rings is 2. The van der Waals surface area contributed by atoms with Crippen molar-refractivity contribution in [3.8, 4) is 5.75 Å². The van der Waals surface area contributed by atoms with E-state index in [2.05, 4.69) is 38.1 Å². The highest BCUT2D eigenvalue weighted by Crippen LogP contribution is 2.32. The molecule has 5 heteroatoms. The van der Waals surface area contributed by atoms with Crippen LogP contribution < -0.4 is 15.4 Å². The first kappa shape index (κ1) is 18.3. The lowest BCUT2D eigenvalue weighted by atomic mass is 10.0. The molecule has 4 nitrogen and oxygen atoms in total. The van der Waals surface area contributed by atoms with Crippen LogP contribution in [0.4, 0.5) is 5.69 Å². The Morgan fingerprint density at radius 1 is 1.17 bits per heavy atom. The van der Waals surface area contributed by atoms with E-state index in [0.717, 1.165) is 11.3 Å². The van der Waals surface area contributed by atoms with Crippen LogP contribution in [-0.2, 0) is 11.3 Å². The highest BCUT2D eigenvalue weighted by molar-refractivity contribution is 5.99. The Balaban J connectivity index is 0.00000208. The van der Waals surface area contributed by atoms with Gasteiger partial charge in [0.05, 0.1) is 12.2 Å². The lowest BCUT2D eigenvalue weighted by Crippen LogP contribution is -2.44. The molecule has 0 fully saturated rings. The molecule has 0 saturated carbocycles. The van der Waals surface area contributed by atoms with Gasteiger partial charge < -0.3 is 15.4 Å². The minimum absolute atomic E-state index is 0. The molecule has 0 aromatic heterocycles. The number of carbonyl (C=O) groups is 1. The van der Waals surface area contributed by atoms with Crippen molar-refractivity contribution < 1.29 is 9.53 Å². The molecular formula is C19H23ClN2O2. The molecular weight excluding hydrogens is 324 g/mol. The fraction of sp³-hybridized carbons (Fsp3) is 0.316. The second kappa shape index (κ2) is 7.69. The van der Waals surface area contributed by atoms with E-state index in [0.29, 0.717) is 18.2 Å². The van der Waals surface area contributed by atoms with E-state index in [4.69, 9.17) is 10.5 Å². The maximum Gasteiger partial charge on any atom is 0.247 e. The monoisotopic (exact) mass is 346 g/mol. The number of nitrogens with two attached hydrogens (primary N) is 1. The zero-order valence-corrected chi connectivity index (χ0v) is 14.8. The number of rotatable bonds is 3. The molecule has 1 aliphatic rings. The maximum atomic E-state index is 12.6. The van der Waals surface area contributed by atoms with E-state index in [1.807, 2.05) is 24.3 Å². The van der Waals surface area contributed by atoms with Gasteiger partial charge in [-0.05, 0) is 29.2 Å². The van der Waals surface area contributed by atoms with E-state index in [1.165, 1.54) is 5.56 Å². The Labute approximate surface area is 149 Å². The van der Waals surface area contributed by atoms with Gasteiger partial charge in [0.2, 0.25) is 5.91 Å². The summed E-state index contributed by atoms with van der Waals surface area (Å²) in [7, 11) is 0. The lowest BCUT2D eigenvalue weighted by molar-refractivity contribution is -0.120. The zero-order chi connectivity index (χ0) is 16.4. The Hall–Kier alpha value is -2.04. The number of para-hydroxylation sites is 2. The largest absolute Gasteiger partial charge is 0.489 e. The first-order chi connectivity index (χ1) is 11.1. The molecule has 2 N–H and O–H groups in total. The lowest BCUT2D eigenvalue weighted by Gasteiger charge is -2.23. The molecule has 1 atom stereocenters. The van der Waals surface area contributed by atoms with Crippen molar-refractivity contribution in [3.05, 3.63) is 59.7 Å². The molecule has 1 unspecified atom stereocenters. The normalized spacial score (nSPS) is 16.9. The fourth-order valence-corrected chi connectivity index (χ4v) is 2.73. The van der Waals surface area contributed by atoms with Gasteiger partial charge in [0, 0.05) is 0 Å². The Morgan fingerprint density at radius 2 is 1.83 bits per heavy atom. The summed E-state index contributed by atoms with van der Waals surface area (Å²) in [6.45, 7) is 5.03. The smallest absolute Gasteiger partial charge is 0.247 e. The van der Waals surface area contributed by atoms with Crippen LogP contribution in [0, 0.1) is 0 Å². The van der Waals surface area contributed by atoms with Gasteiger partial charge in [0.1, 0.15) is 18.4 Å². The standard InChI is InChI=1S/C19H22N2O2.ClH/c1-13(2)15-9-7-14(8-10-15)11-21-17-5-3-4-6-18(17)23-12-16(20)19(21)22;/h3-10,13,16H,11-12,20H2,1-2H3;1H. The molecule has 0 aliphatic carbocycles. The molecule has 24 heavy (non-hydrogen) atoms. The molecule has 3 rings (SSSR count). The molecule has 1 heterocycles. The molecule has 2 aromatic rings. The van der Waals surface area contributed by atoms with Crippen LogP contribution in [0.15, 0.2) is 48.5 Å². The summed E-state index contributed by atoms with van der Waals surface area (Å²) in [5, 5.41) is 0. The van der Waals surface area contributed by atoms with Crippen LogP contribution >= 0.6 is 12.4 Å². The minimum atomic E-state index is -0.641. The molecule has 0 bridgehead atoms. The Bertz CT molecular complexity index is 701. The average Bonchev–Trinajstić information content (AvgIpc) is 2.68. The van der Waals surface area contributed by atoms with E-state index >= 15 is 0 Å². The number of hydrogen-bond donors (Lipinski definition) is 1. The predicted molar refractivity (Wildman–Crippen MR) is 98.9 cm³/mol. The summed E-state index contributed by atoms with van der Waals surface area (Å²) in [6.07, 6.45) is 0. The average molecular weight is 347 g/mol. The van der Waals surface area contributed by atoms with Crippen molar-refractivity contribution in [2.24, 2.45) is 5.73 Å². The summed E-state index contributed by atoms with van der Waals surface area (Å²) in [5.74, 6) is 1.09. The highest BCUT2D eigenvalue weighted by atomic mass is 35.5. The number of fused-ring (bicyclic) bond motifs is 1.